The first kappa shape index (κ1) is 34.0. The summed E-state index contributed by atoms with van der Waals surface area (Å²) in [5, 5.41) is 11.2. The summed E-state index contributed by atoms with van der Waals surface area (Å²) in [7, 11) is 0. The highest BCUT2D eigenvalue weighted by molar-refractivity contribution is 6.31. The van der Waals surface area contributed by atoms with Crippen LogP contribution in [0.2, 0.25) is 5.02 Å². The van der Waals surface area contributed by atoms with E-state index in [1.165, 1.54) is 0 Å². The van der Waals surface area contributed by atoms with Crippen molar-refractivity contribution in [3.63, 3.8) is 0 Å². The second kappa shape index (κ2) is 14.8. The Balaban J connectivity index is 1.20. The van der Waals surface area contributed by atoms with Crippen molar-refractivity contribution in [1.82, 2.24) is 0 Å². The molecule has 7 nitrogen and oxygen atoms in total. The minimum atomic E-state index is -1.65. The summed E-state index contributed by atoms with van der Waals surface area (Å²) in [6.07, 6.45) is -0.980. The average Bonchev–Trinajstić information content (AvgIpc) is 3.54. The van der Waals surface area contributed by atoms with Crippen LogP contribution in [-0.2, 0) is 55.8 Å². The van der Waals surface area contributed by atoms with Gasteiger partial charge in [-0.25, -0.2) is 4.79 Å². The Kier molecular flexibility index (Phi) is 10.0. The predicted octanol–water partition coefficient (Wildman–Crippen LogP) is 8.35. The molecule has 2 bridgehead atoms. The third-order valence-corrected chi connectivity index (χ3v) is 10.0. The molecule has 8 heteroatoms. The Labute approximate surface area is 297 Å². The number of halogens is 1. The van der Waals surface area contributed by atoms with Gasteiger partial charge in [0.2, 0.25) is 5.79 Å². The number of ether oxygens (including phenoxy) is 5. The van der Waals surface area contributed by atoms with Crippen LogP contribution in [0, 0.1) is 5.92 Å². The molecule has 2 aliphatic heterocycles. The lowest BCUT2D eigenvalue weighted by Crippen LogP contribution is -2.64. The fraction of sp³-hybridized carbons (Fsp3) is 0.262. The number of carboxylic acid groups (broad SMARTS) is 1. The first-order valence-corrected chi connectivity index (χ1v) is 17.2. The number of hydrogen-bond acceptors (Lipinski definition) is 6. The lowest BCUT2D eigenvalue weighted by molar-refractivity contribution is -0.330. The van der Waals surface area contributed by atoms with Crippen molar-refractivity contribution in [3.05, 3.63) is 172 Å². The van der Waals surface area contributed by atoms with Gasteiger partial charge in [-0.2, -0.15) is 0 Å². The summed E-state index contributed by atoms with van der Waals surface area (Å²) in [6, 6.07) is 43.1. The SMILES string of the molecule is C[C@H]1[C@H](OCc2ccccc2)[C@@H](OCc2ccccc2)[C@@]2(c3ccc(Cl)c(Cc4ccc(OCc5ccccc5)cc4)c3)OC[C@]1(C(=O)O)O2. The molecule has 0 amide bonds. The molecule has 5 atom stereocenters. The van der Waals surface area contributed by atoms with Gasteiger partial charge in [-0.05, 0) is 58.5 Å². The lowest BCUT2D eigenvalue weighted by Gasteiger charge is -2.49. The third-order valence-electron chi connectivity index (χ3n) is 9.67. The predicted molar refractivity (Wildman–Crippen MR) is 190 cm³/mol. The molecule has 0 saturated carbocycles. The molecule has 2 heterocycles. The Hall–Kier alpha value is -4.50. The monoisotopic (exact) mass is 690 g/mol. The number of hydrogen-bond donors (Lipinski definition) is 1. The molecule has 2 fully saturated rings. The normalized spacial score (nSPS) is 24.2. The van der Waals surface area contributed by atoms with Crippen molar-refractivity contribution < 1.29 is 33.6 Å². The van der Waals surface area contributed by atoms with E-state index in [1.807, 2.05) is 134 Å². The summed E-state index contributed by atoms with van der Waals surface area (Å²) in [4.78, 5) is 13.0. The molecule has 5 aromatic rings. The fourth-order valence-corrected chi connectivity index (χ4v) is 7.00. The highest BCUT2D eigenvalue weighted by atomic mass is 35.5. The van der Waals surface area contributed by atoms with E-state index in [-0.39, 0.29) is 19.8 Å². The zero-order valence-electron chi connectivity index (χ0n) is 27.7. The smallest absolute Gasteiger partial charge is 0.338 e. The maximum Gasteiger partial charge on any atom is 0.338 e. The van der Waals surface area contributed by atoms with Crippen molar-refractivity contribution >= 4 is 17.6 Å². The van der Waals surface area contributed by atoms with Crippen LogP contribution >= 0.6 is 11.6 Å². The first-order chi connectivity index (χ1) is 24.4. The van der Waals surface area contributed by atoms with Gasteiger partial charge < -0.3 is 28.8 Å². The number of carboxylic acids is 1. The van der Waals surface area contributed by atoms with Crippen LogP contribution in [0.4, 0.5) is 0 Å². The van der Waals surface area contributed by atoms with Crippen molar-refractivity contribution in [1.29, 1.82) is 0 Å². The molecule has 5 aromatic carbocycles. The van der Waals surface area contributed by atoms with Gasteiger partial charge in [-0.15, -0.1) is 0 Å². The van der Waals surface area contributed by atoms with Crippen molar-refractivity contribution in [2.24, 2.45) is 5.92 Å². The lowest BCUT2D eigenvalue weighted by atomic mass is 9.77. The van der Waals surface area contributed by atoms with Crippen LogP contribution in [0.1, 0.15) is 40.3 Å². The standard InChI is InChI=1S/C42H39ClO7/c1-29-38(47-26-32-13-7-3-8-14-32)39(48-27-33-15-9-4-10-16-33)42(49-28-41(29,50-42)40(44)45)35-19-22-37(43)34(24-35)23-30-17-20-36(21-18-30)46-25-31-11-5-2-6-12-31/h2-22,24,29,38-39H,23,25-28H2,1H3,(H,44,45)/t29-,38-,39+,41-,42-/m0/s1. The van der Waals surface area contributed by atoms with Gasteiger partial charge in [0, 0.05) is 16.5 Å². The van der Waals surface area contributed by atoms with Gasteiger partial charge in [-0.3, -0.25) is 0 Å². The minimum Gasteiger partial charge on any atom is -0.489 e. The van der Waals surface area contributed by atoms with Gasteiger partial charge >= 0.3 is 5.97 Å². The molecule has 2 aliphatic rings. The summed E-state index contributed by atoms with van der Waals surface area (Å²) in [5.74, 6) is -2.51. The molecule has 1 N–H and O–H groups in total. The van der Waals surface area contributed by atoms with Crippen LogP contribution in [0.5, 0.6) is 5.75 Å². The quantitative estimate of drug-likeness (QED) is 0.133. The van der Waals surface area contributed by atoms with Crippen LogP contribution in [0.15, 0.2) is 133 Å². The number of carbonyl (C=O) groups is 1. The van der Waals surface area contributed by atoms with E-state index in [4.69, 9.17) is 35.3 Å². The van der Waals surface area contributed by atoms with E-state index < -0.39 is 35.5 Å². The maximum atomic E-state index is 13.0. The van der Waals surface area contributed by atoms with Gasteiger partial charge in [0.05, 0.1) is 25.9 Å². The number of fused-ring (bicyclic) bond motifs is 2. The molecular formula is C42H39ClO7. The molecule has 0 aromatic heterocycles. The van der Waals surface area contributed by atoms with Crippen molar-refractivity contribution in [3.8, 4) is 5.75 Å². The van der Waals surface area contributed by atoms with Crippen molar-refractivity contribution in [2.45, 2.75) is 56.8 Å². The number of benzene rings is 5. The average molecular weight is 691 g/mol. The minimum absolute atomic E-state index is 0.164. The molecule has 0 spiro atoms. The summed E-state index contributed by atoms with van der Waals surface area (Å²) in [5.41, 5.74) is 3.84. The van der Waals surface area contributed by atoms with Crippen LogP contribution in [-0.4, -0.2) is 35.5 Å². The van der Waals surface area contributed by atoms with Gasteiger partial charge in [0.1, 0.15) is 18.5 Å². The molecule has 0 radical (unpaired) electrons. The van der Waals surface area contributed by atoms with E-state index in [2.05, 4.69) is 0 Å². The van der Waals surface area contributed by atoms with Crippen LogP contribution in [0.3, 0.4) is 0 Å². The molecule has 0 aliphatic carbocycles. The molecule has 50 heavy (non-hydrogen) atoms. The largest absolute Gasteiger partial charge is 0.489 e. The topological polar surface area (TPSA) is 83.5 Å². The van der Waals surface area contributed by atoms with Gasteiger partial charge in [0.15, 0.2) is 5.60 Å². The summed E-state index contributed by atoms with van der Waals surface area (Å²) in [6.45, 7) is 2.67. The van der Waals surface area contributed by atoms with Gasteiger partial charge in [0.25, 0.3) is 0 Å². The highest BCUT2D eigenvalue weighted by Gasteiger charge is 2.70. The van der Waals surface area contributed by atoms with E-state index >= 15 is 0 Å². The summed E-state index contributed by atoms with van der Waals surface area (Å²) >= 11 is 6.80. The summed E-state index contributed by atoms with van der Waals surface area (Å²) < 4.78 is 32.5. The molecule has 7 rings (SSSR count). The third kappa shape index (κ3) is 6.93. The highest BCUT2D eigenvalue weighted by Crippen LogP contribution is 2.54. The zero-order valence-corrected chi connectivity index (χ0v) is 28.5. The fourth-order valence-electron chi connectivity index (χ4n) is 6.81. The molecule has 2 saturated heterocycles. The molecule has 256 valence electrons. The Morgan fingerprint density at radius 1 is 0.760 bits per heavy atom. The maximum absolute atomic E-state index is 13.0. The zero-order chi connectivity index (χ0) is 34.6. The number of aliphatic carboxylic acids is 1. The van der Waals surface area contributed by atoms with E-state index in [0.717, 1.165) is 33.6 Å². The second-order valence-electron chi connectivity index (χ2n) is 12.9. The molecule has 0 unspecified atom stereocenters. The van der Waals surface area contributed by atoms with Crippen molar-refractivity contribution in [2.75, 3.05) is 6.61 Å². The van der Waals surface area contributed by atoms with Gasteiger partial charge in [-0.1, -0.05) is 128 Å². The second-order valence-corrected chi connectivity index (χ2v) is 13.3. The first-order valence-electron chi connectivity index (χ1n) is 16.8. The van der Waals surface area contributed by atoms with E-state index in [0.29, 0.717) is 23.6 Å². The Bertz CT molecular complexity index is 1890. The van der Waals surface area contributed by atoms with Crippen LogP contribution < -0.4 is 4.74 Å². The Morgan fingerprint density at radius 2 is 1.34 bits per heavy atom. The van der Waals surface area contributed by atoms with E-state index in [9.17, 15) is 9.90 Å². The van der Waals surface area contributed by atoms with E-state index in [1.54, 1.807) is 6.07 Å². The van der Waals surface area contributed by atoms with Crippen LogP contribution in [0.25, 0.3) is 0 Å². The molecular weight excluding hydrogens is 652 g/mol. The number of rotatable bonds is 13. The Morgan fingerprint density at radius 3 is 1.94 bits per heavy atom.